The Hall–Kier alpha value is -12.2. The molecule has 574 valence electrons. The van der Waals surface area contributed by atoms with Crippen LogP contribution in [0.3, 0.4) is 0 Å². The number of nitriles is 1. The summed E-state index contributed by atoms with van der Waals surface area (Å²) in [6.07, 6.45) is 18.3. The van der Waals surface area contributed by atoms with Crippen molar-refractivity contribution in [2.75, 3.05) is 5.73 Å². The third kappa shape index (κ3) is 21.3. The fourth-order valence-corrected chi connectivity index (χ4v) is 14.0. The van der Waals surface area contributed by atoms with Crippen molar-refractivity contribution in [2.24, 2.45) is 14.3 Å². The van der Waals surface area contributed by atoms with Crippen molar-refractivity contribution in [3.05, 3.63) is 408 Å². The number of nitrogen functional groups attached to an aromatic ring is 1. The largest absolute Gasteiger partial charge is 0.381 e. The summed E-state index contributed by atoms with van der Waals surface area (Å²) >= 11 is 36.5. The average Bonchev–Trinajstić information content (AvgIpc) is 1.71. The molecule has 18 rings (SSSR count). The van der Waals surface area contributed by atoms with Crippen molar-refractivity contribution in [3.63, 3.8) is 0 Å². The van der Waals surface area contributed by atoms with Crippen LogP contribution in [0.1, 0.15) is 40.8 Å². The van der Waals surface area contributed by atoms with Crippen LogP contribution in [0.25, 0.3) is 67.6 Å². The van der Waals surface area contributed by atoms with E-state index in [0.717, 1.165) is 111 Å². The van der Waals surface area contributed by atoms with Gasteiger partial charge in [0, 0.05) is 94.1 Å². The fourth-order valence-electron chi connectivity index (χ4n) is 11.7. The van der Waals surface area contributed by atoms with Gasteiger partial charge in [-0.3, -0.25) is 14.2 Å². The van der Waals surface area contributed by atoms with Gasteiger partial charge in [-0.15, -0.1) is 0 Å². The normalized spacial score (nSPS) is 10.5. The number of fused-ring (bicyclic) bond motifs is 4. The van der Waals surface area contributed by atoms with E-state index in [1.54, 1.807) is 44.1 Å². The third-order valence-electron chi connectivity index (χ3n) is 17.1. The topological polar surface area (TPSA) is 232 Å². The van der Waals surface area contributed by atoms with Crippen molar-refractivity contribution in [3.8, 4) is 50.4 Å². The summed E-state index contributed by atoms with van der Waals surface area (Å²) in [5.74, 6) is 1.43. The smallest absolute Gasteiger partial charge is 0.197 e. The first-order valence-corrected chi connectivity index (χ1v) is 40.1. The molecule has 0 spiro atoms. The number of benzene rings is 10. The standard InChI is InChI=1S/C25H16BrClN4.C25H17ClN4.C13H11N.C12H8BrClN4.C12H7BrClN3.C2H3BN2S.CH4/c26-22-15-28-25-24(29-21(16-31(22)25)19-13-7-8-14-20(19)27)30-23(17-9-3-1-4-10-17)18-11-5-2-6-12-18;26-21-14-8-7-13-20(21)22-17-30-16-15-27-25(30)24(28-22)29-23(18-9-3-1-4-10-18)19-11-5-2-6-12-19;14-13(11-7-3-1-4-8-11)12-9-5-2-6-10-12;13-10-5-16-12-11(15)17-9(6-18(10)12)7-3-1-2-4-8(7)14;13-11-12-15-5-6-17(12)7-10(16-11)8-3-1-2-4-9(8)14;1-3-5-6-2-4;/h1-16H;1-17H;1-10,14H;1-6H,(H2,15,17);1-7H;1H3;1H4. The molecule has 0 saturated carbocycles. The minimum absolute atomic E-state index is 0. The third-order valence-corrected chi connectivity index (χ3v) is 20.6. The number of nitrogens with one attached hydrogen (secondary N) is 1. The Balaban J connectivity index is 0.000000136. The second kappa shape index (κ2) is 41.4. The number of halogens is 7. The molecule has 0 fully saturated rings. The van der Waals surface area contributed by atoms with Crippen LogP contribution < -0.4 is 5.73 Å². The van der Waals surface area contributed by atoms with Gasteiger partial charge in [0.25, 0.3) is 0 Å². The van der Waals surface area contributed by atoms with E-state index < -0.39 is 0 Å². The van der Waals surface area contributed by atoms with E-state index in [4.69, 9.17) is 82.8 Å². The number of rotatable bonds is 13. The first-order chi connectivity index (χ1) is 56.7. The van der Waals surface area contributed by atoms with E-state index in [0.29, 0.717) is 70.5 Å². The molecule has 10 aromatic carbocycles. The molecule has 0 atom stereocenters. The van der Waals surface area contributed by atoms with Crippen LogP contribution >= 0.6 is 106 Å². The second-order valence-electron chi connectivity index (χ2n) is 24.7. The molecule has 117 heavy (non-hydrogen) atoms. The predicted molar refractivity (Wildman–Crippen MR) is 490 cm³/mol. The Kier molecular flexibility index (Phi) is 29.8. The average molecular weight is 1820 g/mol. The number of hydrogen-bond acceptors (Lipinski definition) is 15. The summed E-state index contributed by atoms with van der Waals surface area (Å²) in [5, 5.41) is 20.2. The number of aromatic nitrogens is 12. The summed E-state index contributed by atoms with van der Waals surface area (Å²) in [7, 11) is 1.58. The van der Waals surface area contributed by atoms with Crippen molar-refractivity contribution >= 4 is 170 Å². The van der Waals surface area contributed by atoms with Gasteiger partial charge in [-0.25, -0.2) is 49.9 Å². The summed E-state index contributed by atoms with van der Waals surface area (Å²) in [6, 6.07) is 90.4. The van der Waals surface area contributed by atoms with Crippen LogP contribution in [0.5, 0.6) is 0 Å². The van der Waals surface area contributed by atoms with E-state index in [1.807, 2.05) is 334 Å². The number of nitrogens with two attached hydrogens (primary N) is 1. The molecule has 3 N–H and O–H groups in total. The van der Waals surface area contributed by atoms with Crippen LogP contribution in [-0.4, -0.2) is 81.7 Å². The molecule has 18 nitrogen and oxygen atoms in total. The number of nitrogens with zero attached hydrogens (tertiary/aromatic N) is 16. The first-order valence-electron chi connectivity index (χ1n) is 35.5. The molecular formula is C90H66BBr3Cl4N18S. The van der Waals surface area contributed by atoms with Crippen LogP contribution in [0, 0.1) is 16.1 Å². The van der Waals surface area contributed by atoms with Gasteiger partial charge >= 0.3 is 40.8 Å². The molecule has 0 bridgehead atoms. The van der Waals surface area contributed by atoms with Crippen LogP contribution in [0.15, 0.2) is 369 Å². The molecule has 0 saturated heterocycles. The minimum atomic E-state index is 0. The Morgan fingerprint density at radius 1 is 0.410 bits per heavy atom. The molecule has 8 heterocycles. The van der Waals surface area contributed by atoms with Gasteiger partial charge in [0.1, 0.15) is 13.8 Å². The van der Waals surface area contributed by atoms with E-state index in [2.05, 4.69) is 82.0 Å². The molecule has 0 unspecified atom stereocenters. The number of anilines is 1. The SMILES string of the molecule is C.CB=NSC#N.Clc1ccccc1-c1cn2c(Br)cnc2c(N=C(c2ccccc2)c2ccccc2)n1.Clc1ccccc1-c1cn2ccnc2c(Br)n1.Clc1ccccc1-c1cn2ccnc2c(N=C(c2ccccc2)c2ccccc2)n1.N=C(c1ccccc1)c1ccccc1.Nc1nc(-c2ccccc2Cl)cn2c(Br)cnc12. The summed E-state index contributed by atoms with van der Waals surface area (Å²) in [6.45, 7) is 1.77. The maximum atomic E-state index is 7.97. The van der Waals surface area contributed by atoms with E-state index in [9.17, 15) is 0 Å². The zero-order chi connectivity index (χ0) is 80.7. The summed E-state index contributed by atoms with van der Waals surface area (Å²) in [4.78, 5) is 45.9. The van der Waals surface area contributed by atoms with E-state index in [1.165, 1.54) is 0 Å². The van der Waals surface area contributed by atoms with Gasteiger partial charge in [0.05, 0.1) is 72.4 Å². The molecule has 8 aromatic heterocycles. The molecule has 0 aliphatic heterocycles. The van der Waals surface area contributed by atoms with Crippen molar-refractivity contribution in [1.82, 2.24) is 57.5 Å². The minimum Gasteiger partial charge on any atom is -0.381 e. The van der Waals surface area contributed by atoms with Gasteiger partial charge in [0.15, 0.2) is 40.0 Å². The van der Waals surface area contributed by atoms with Crippen LogP contribution in [0.4, 0.5) is 17.5 Å². The zero-order valence-corrected chi connectivity index (χ0v) is 69.8. The number of hydrogen-bond donors (Lipinski definition) is 2. The van der Waals surface area contributed by atoms with Gasteiger partial charge in [-0.1, -0.05) is 309 Å². The van der Waals surface area contributed by atoms with Gasteiger partial charge in [-0.2, -0.15) is 0 Å². The Morgan fingerprint density at radius 2 is 0.726 bits per heavy atom. The van der Waals surface area contributed by atoms with Crippen molar-refractivity contribution < 1.29 is 0 Å². The van der Waals surface area contributed by atoms with Crippen LogP contribution in [-0.2, 0) is 0 Å². The molecule has 27 heteroatoms. The van der Waals surface area contributed by atoms with Crippen molar-refractivity contribution in [2.45, 2.75) is 14.2 Å². The molecule has 18 aromatic rings. The quantitative estimate of drug-likeness (QED) is 0.0477. The second-order valence-corrected chi connectivity index (χ2v) is 29.2. The number of aliphatic imine (C=N–C) groups is 2. The monoisotopic (exact) mass is 1820 g/mol. The molecular weight excluding hydrogens is 1760 g/mol. The predicted octanol–water partition coefficient (Wildman–Crippen LogP) is 25.2. The van der Waals surface area contributed by atoms with Crippen molar-refractivity contribution in [1.29, 1.82) is 10.7 Å². The van der Waals surface area contributed by atoms with Gasteiger partial charge < -0.3 is 14.5 Å². The number of imidazole rings is 4. The molecule has 0 amide bonds. The Labute approximate surface area is 725 Å². The van der Waals surface area contributed by atoms with E-state index >= 15 is 0 Å². The van der Waals surface area contributed by atoms with E-state index in [-0.39, 0.29) is 7.43 Å². The Bertz CT molecular complexity index is 6430. The number of thiocyanates is 1. The molecule has 0 aliphatic rings. The maximum Gasteiger partial charge on any atom is 0.197 e. The Morgan fingerprint density at radius 3 is 1.10 bits per heavy atom. The summed E-state index contributed by atoms with van der Waals surface area (Å²) in [5.41, 5.74) is 23.3. The molecule has 0 aliphatic carbocycles. The zero-order valence-electron chi connectivity index (χ0n) is 61.2. The first kappa shape index (κ1) is 84.2. The fraction of sp³-hybridized carbons (Fsp3) is 0.0222. The molecule has 0 radical (unpaired) electrons. The van der Waals surface area contributed by atoms with Gasteiger partial charge in [-0.05, 0) is 83.2 Å². The van der Waals surface area contributed by atoms with Crippen LogP contribution in [0.2, 0.25) is 26.9 Å². The summed E-state index contributed by atoms with van der Waals surface area (Å²) < 4.78 is 13.5. The van der Waals surface area contributed by atoms with Gasteiger partial charge in [0.2, 0.25) is 0 Å². The maximum absolute atomic E-state index is 7.97.